The van der Waals surface area contributed by atoms with Crippen LogP contribution in [0.5, 0.6) is 0 Å². The van der Waals surface area contributed by atoms with Crippen molar-refractivity contribution < 1.29 is 0 Å². The molecule has 0 fully saturated rings. The van der Waals surface area contributed by atoms with E-state index in [0.29, 0.717) is 6.04 Å². The third-order valence-corrected chi connectivity index (χ3v) is 6.24. The van der Waals surface area contributed by atoms with E-state index < -0.39 is 0 Å². The van der Waals surface area contributed by atoms with Gasteiger partial charge in [-0.25, -0.2) is 4.98 Å². The van der Waals surface area contributed by atoms with Gasteiger partial charge in [-0.2, -0.15) is 0 Å². The zero-order valence-electron chi connectivity index (χ0n) is 16.3. The lowest BCUT2D eigenvalue weighted by Gasteiger charge is -2.14. The van der Waals surface area contributed by atoms with Crippen molar-refractivity contribution in [2.75, 3.05) is 0 Å². The van der Waals surface area contributed by atoms with Crippen LogP contribution < -0.4 is 5.73 Å². The van der Waals surface area contributed by atoms with Crippen LogP contribution in [-0.2, 0) is 12.8 Å². The summed E-state index contributed by atoms with van der Waals surface area (Å²) in [5, 5.41) is 4.02. The summed E-state index contributed by atoms with van der Waals surface area (Å²) in [5.74, 6) is 0. The first kappa shape index (κ1) is 20.1. The molecule has 3 aromatic rings. The Labute approximate surface area is 171 Å². The predicted octanol–water partition coefficient (Wildman–Crippen LogP) is 6.34. The molecule has 0 spiro atoms. The van der Waals surface area contributed by atoms with Gasteiger partial charge in [0.25, 0.3) is 0 Å². The van der Waals surface area contributed by atoms with Crippen LogP contribution in [-0.4, -0.2) is 11.0 Å². The summed E-state index contributed by atoms with van der Waals surface area (Å²) in [7, 11) is 0. The van der Waals surface area contributed by atoms with E-state index in [4.69, 9.17) is 22.3 Å². The van der Waals surface area contributed by atoms with Gasteiger partial charge in [-0.05, 0) is 67.5 Å². The maximum Gasteiger partial charge on any atom is 0.0976 e. The van der Waals surface area contributed by atoms with Gasteiger partial charge in [0.1, 0.15) is 0 Å². The Balaban J connectivity index is 1.74. The number of nitrogens with zero attached hydrogens (tertiary/aromatic N) is 1. The van der Waals surface area contributed by atoms with Crippen molar-refractivity contribution in [1.29, 1.82) is 0 Å². The van der Waals surface area contributed by atoms with Crippen molar-refractivity contribution >= 4 is 22.9 Å². The number of hydrogen-bond acceptors (Lipinski definition) is 3. The Hall–Kier alpha value is -1.68. The molecule has 4 heteroatoms. The van der Waals surface area contributed by atoms with Gasteiger partial charge >= 0.3 is 0 Å². The fourth-order valence-electron chi connectivity index (χ4n) is 3.25. The molecule has 27 heavy (non-hydrogen) atoms. The quantitative estimate of drug-likeness (QED) is 0.504. The highest BCUT2D eigenvalue weighted by Gasteiger charge is 2.10. The lowest BCUT2D eigenvalue weighted by Crippen LogP contribution is -2.19. The Bertz CT molecular complexity index is 899. The van der Waals surface area contributed by atoms with Gasteiger partial charge in [0.15, 0.2) is 0 Å². The summed E-state index contributed by atoms with van der Waals surface area (Å²) in [6, 6.07) is 12.8. The molecule has 2 N–H and O–H groups in total. The molecule has 0 saturated heterocycles. The second-order valence-electron chi connectivity index (χ2n) is 7.22. The predicted molar refractivity (Wildman–Crippen MR) is 118 cm³/mol. The molecule has 0 radical (unpaired) electrons. The van der Waals surface area contributed by atoms with E-state index in [1.807, 2.05) is 24.3 Å². The first-order chi connectivity index (χ1) is 13.0. The average Bonchev–Trinajstić information content (AvgIpc) is 3.12. The maximum absolute atomic E-state index is 6.09. The number of hydrogen-bond donors (Lipinski definition) is 1. The standard InChI is InChI=1S/C23H27ClN2S/c1-4-21(25)10-7-18-11-16(3)19(12-15(18)2)13-23-26-22(14-27-23)17-5-8-20(24)9-6-17/h5-6,8-9,11-12,14,21H,4,7,10,13,25H2,1-3H3. The SMILES string of the molecule is CCC(N)CCc1cc(C)c(Cc2nc(-c3ccc(Cl)cc3)cs2)cc1C. The highest BCUT2D eigenvalue weighted by molar-refractivity contribution is 7.10. The Morgan fingerprint density at radius 2 is 1.74 bits per heavy atom. The zero-order chi connectivity index (χ0) is 19.4. The van der Waals surface area contributed by atoms with Gasteiger partial charge in [-0.15, -0.1) is 11.3 Å². The van der Waals surface area contributed by atoms with Crippen molar-refractivity contribution in [3.8, 4) is 11.3 Å². The minimum atomic E-state index is 0.297. The van der Waals surface area contributed by atoms with Crippen LogP contribution in [0.2, 0.25) is 5.02 Å². The Kier molecular flexibility index (Phi) is 6.69. The molecule has 1 unspecified atom stereocenters. The van der Waals surface area contributed by atoms with Crippen LogP contribution in [0.1, 0.15) is 47.0 Å². The number of nitrogens with two attached hydrogens (primary N) is 1. The van der Waals surface area contributed by atoms with Gasteiger partial charge < -0.3 is 5.73 Å². The molecule has 2 aromatic carbocycles. The van der Waals surface area contributed by atoms with Crippen molar-refractivity contribution in [1.82, 2.24) is 4.98 Å². The van der Waals surface area contributed by atoms with Gasteiger partial charge in [-0.3, -0.25) is 0 Å². The summed E-state index contributed by atoms with van der Waals surface area (Å²) < 4.78 is 0. The molecule has 0 aliphatic rings. The lowest BCUT2D eigenvalue weighted by atomic mass is 9.94. The van der Waals surface area contributed by atoms with Crippen LogP contribution in [0, 0.1) is 13.8 Å². The van der Waals surface area contributed by atoms with E-state index in [9.17, 15) is 0 Å². The van der Waals surface area contributed by atoms with E-state index in [-0.39, 0.29) is 0 Å². The Morgan fingerprint density at radius 3 is 2.44 bits per heavy atom. The summed E-state index contributed by atoms with van der Waals surface area (Å²) in [6.45, 7) is 6.56. The van der Waals surface area contributed by atoms with Gasteiger partial charge in [-0.1, -0.05) is 42.8 Å². The minimum absolute atomic E-state index is 0.297. The highest BCUT2D eigenvalue weighted by atomic mass is 35.5. The molecule has 3 rings (SSSR count). The number of benzene rings is 2. The van der Waals surface area contributed by atoms with Gasteiger partial charge in [0.05, 0.1) is 10.7 Å². The molecule has 1 heterocycles. The van der Waals surface area contributed by atoms with Crippen LogP contribution >= 0.6 is 22.9 Å². The van der Waals surface area contributed by atoms with Crippen molar-refractivity contribution in [2.45, 2.75) is 52.5 Å². The number of aryl methyl sites for hydroxylation is 3. The lowest BCUT2D eigenvalue weighted by molar-refractivity contribution is 0.595. The van der Waals surface area contributed by atoms with Crippen molar-refractivity contribution in [3.05, 3.63) is 74.1 Å². The van der Waals surface area contributed by atoms with E-state index in [2.05, 4.69) is 38.3 Å². The smallest absolute Gasteiger partial charge is 0.0976 e. The fourth-order valence-corrected chi connectivity index (χ4v) is 4.20. The van der Waals surface area contributed by atoms with E-state index in [0.717, 1.165) is 47.0 Å². The highest BCUT2D eigenvalue weighted by Crippen LogP contribution is 2.26. The number of aromatic nitrogens is 1. The molecule has 1 atom stereocenters. The minimum Gasteiger partial charge on any atom is -0.328 e. The van der Waals surface area contributed by atoms with Crippen LogP contribution in [0.3, 0.4) is 0 Å². The largest absolute Gasteiger partial charge is 0.328 e. The fraction of sp³-hybridized carbons (Fsp3) is 0.348. The molecule has 0 aliphatic carbocycles. The summed E-state index contributed by atoms with van der Waals surface area (Å²) in [5.41, 5.74) is 13.7. The Morgan fingerprint density at radius 1 is 1.07 bits per heavy atom. The molecule has 1 aromatic heterocycles. The summed E-state index contributed by atoms with van der Waals surface area (Å²) in [4.78, 5) is 4.83. The number of halogens is 1. The van der Waals surface area contributed by atoms with Crippen molar-refractivity contribution in [2.24, 2.45) is 5.73 Å². The molecule has 2 nitrogen and oxygen atoms in total. The van der Waals surface area contributed by atoms with Crippen LogP contribution in [0.25, 0.3) is 11.3 Å². The zero-order valence-corrected chi connectivity index (χ0v) is 17.8. The van der Waals surface area contributed by atoms with Crippen LogP contribution in [0.4, 0.5) is 0 Å². The average molecular weight is 399 g/mol. The monoisotopic (exact) mass is 398 g/mol. The number of rotatable bonds is 7. The first-order valence-corrected chi connectivity index (χ1v) is 10.8. The first-order valence-electron chi connectivity index (χ1n) is 9.51. The topological polar surface area (TPSA) is 38.9 Å². The molecule has 0 bridgehead atoms. The van der Waals surface area contributed by atoms with E-state index in [1.165, 1.54) is 22.3 Å². The molecule has 0 saturated carbocycles. The third kappa shape index (κ3) is 5.19. The number of thiazole rings is 1. The third-order valence-electron chi connectivity index (χ3n) is 5.14. The second kappa shape index (κ2) is 9.01. The molecule has 0 aliphatic heterocycles. The van der Waals surface area contributed by atoms with Crippen molar-refractivity contribution in [3.63, 3.8) is 0 Å². The summed E-state index contributed by atoms with van der Waals surface area (Å²) in [6.07, 6.45) is 4.02. The maximum atomic E-state index is 6.09. The molecule has 0 amide bonds. The molecular weight excluding hydrogens is 372 g/mol. The van der Waals surface area contributed by atoms with E-state index >= 15 is 0 Å². The van der Waals surface area contributed by atoms with Crippen LogP contribution in [0.15, 0.2) is 41.8 Å². The summed E-state index contributed by atoms with van der Waals surface area (Å²) >= 11 is 7.70. The molecular formula is C23H27ClN2S. The van der Waals surface area contributed by atoms with E-state index in [1.54, 1.807) is 11.3 Å². The van der Waals surface area contributed by atoms with Gasteiger partial charge in [0.2, 0.25) is 0 Å². The molecule has 142 valence electrons. The normalized spacial score (nSPS) is 12.3. The van der Waals surface area contributed by atoms with Gasteiger partial charge in [0, 0.05) is 28.4 Å². The second-order valence-corrected chi connectivity index (χ2v) is 8.60.